The van der Waals surface area contributed by atoms with Gasteiger partial charge in [0.15, 0.2) is 6.10 Å². The Morgan fingerprint density at radius 3 is 2.32 bits per heavy atom. The molecule has 1 aliphatic carbocycles. The van der Waals surface area contributed by atoms with Crippen LogP contribution in [0.4, 0.5) is 5.69 Å². The molecule has 0 bridgehead atoms. The highest BCUT2D eigenvalue weighted by Crippen LogP contribution is 2.29. The quantitative estimate of drug-likeness (QED) is 0.684. The molecular weight excluding hydrogens is 374 g/mol. The first-order chi connectivity index (χ1) is 13.4. The maximum Gasteiger partial charge on any atom is 0.297 e. The van der Waals surface area contributed by atoms with Crippen LogP contribution < -0.4 is 5.32 Å². The van der Waals surface area contributed by atoms with Crippen LogP contribution in [0.15, 0.2) is 59.5 Å². The number of nitrogens with one attached hydrogen (secondary N) is 1. The summed E-state index contributed by atoms with van der Waals surface area (Å²) in [6, 6.07) is 15.5. The van der Waals surface area contributed by atoms with Crippen LogP contribution in [-0.2, 0) is 19.1 Å². The van der Waals surface area contributed by atoms with Crippen molar-refractivity contribution in [3.63, 3.8) is 0 Å². The van der Waals surface area contributed by atoms with E-state index in [4.69, 9.17) is 4.18 Å². The first kappa shape index (κ1) is 20.6. The first-order valence-corrected chi connectivity index (χ1v) is 11.2. The van der Waals surface area contributed by atoms with Gasteiger partial charge in [-0.3, -0.25) is 8.98 Å². The van der Waals surface area contributed by atoms with E-state index < -0.39 is 22.1 Å². The van der Waals surface area contributed by atoms with Crippen molar-refractivity contribution in [3.05, 3.63) is 60.2 Å². The summed E-state index contributed by atoms with van der Waals surface area (Å²) < 4.78 is 31.0. The van der Waals surface area contributed by atoms with Crippen LogP contribution >= 0.6 is 0 Å². The van der Waals surface area contributed by atoms with E-state index in [0.717, 1.165) is 31.2 Å². The van der Waals surface area contributed by atoms with Crippen molar-refractivity contribution in [2.24, 2.45) is 5.92 Å². The van der Waals surface area contributed by atoms with Crippen molar-refractivity contribution in [3.8, 4) is 0 Å². The predicted octanol–water partition coefficient (Wildman–Crippen LogP) is 4.68. The summed E-state index contributed by atoms with van der Waals surface area (Å²) in [4.78, 5) is 12.9. The fourth-order valence-corrected chi connectivity index (χ4v) is 4.63. The molecule has 1 fully saturated rings. The minimum atomic E-state index is -4.03. The van der Waals surface area contributed by atoms with Gasteiger partial charge in [0.25, 0.3) is 16.0 Å². The predicted molar refractivity (Wildman–Crippen MR) is 110 cm³/mol. The number of aryl methyl sites for hydroxylation is 1. The molecule has 0 heterocycles. The van der Waals surface area contributed by atoms with Crippen LogP contribution in [0.5, 0.6) is 0 Å². The summed E-state index contributed by atoms with van der Waals surface area (Å²) >= 11 is 0. The Balaban J connectivity index is 1.78. The van der Waals surface area contributed by atoms with Crippen LogP contribution in [-0.4, -0.2) is 20.4 Å². The van der Waals surface area contributed by atoms with Gasteiger partial charge in [0, 0.05) is 5.69 Å². The van der Waals surface area contributed by atoms with Crippen LogP contribution in [0, 0.1) is 12.8 Å². The molecule has 150 valence electrons. The minimum Gasteiger partial charge on any atom is -0.324 e. The molecule has 0 radical (unpaired) electrons. The Bertz CT molecular complexity index is 873. The largest absolute Gasteiger partial charge is 0.324 e. The normalized spacial score (nSPS) is 16.5. The van der Waals surface area contributed by atoms with E-state index >= 15 is 0 Å². The number of rotatable bonds is 7. The number of carbonyl (C=O) groups excluding carboxylic acids is 1. The fourth-order valence-electron chi connectivity index (χ4n) is 3.57. The number of hydrogen-bond acceptors (Lipinski definition) is 4. The molecule has 1 aliphatic rings. The minimum absolute atomic E-state index is 0.0688. The molecule has 0 spiro atoms. The number of anilines is 1. The molecular formula is C22H27NO4S. The summed E-state index contributed by atoms with van der Waals surface area (Å²) in [5, 5.41) is 2.79. The van der Waals surface area contributed by atoms with E-state index in [-0.39, 0.29) is 4.90 Å². The molecule has 2 aromatic carbocycles. The van der Waals surface area contributed by atoms with Gasteiger partial charge < -0.3 is 5.32 Å². The van der Waals surface area contributed by atoms with Crippen molar-refractivity contribution >= 4 is 21.7 Å². The Hall–Kier alpha value is -2.18. The highest BCUT2D eigenvalue weighted by molar-refractivity contribution is 7.86. The lowest BCUT2D eigenvalue weighted by Crippen LogP contribution is -2.34. The van der Waals surface area contributed by atoms with Crippen LogP contribution in [0.2, 0.25) is 0 Å². The van der Waals surface area contributed by atoms with Gasteiger partial charge in [-0.1, -0.05) is 68.0 Å². The van der Waals surface area contributed by atoms with Crippen LogP contribution in [0.3, 0.4) is 0 Å². The zero-order valence-corrected chi connectivity index (χ0v) is 17.0. The smallest absolute Gasteiger partial charge is 0.297 e. The lowest BCUT2D eigenvalue weighted by atomic mass is 9.85. The molecule has 0 aliphatic heterocycles. The first-order valence-electron chi connectivity index (χ1n) is 9.80. The zero-order valence-electron chi connectivity index (χ0n) is 16.1. The number of benzene rings is 2. The van der Waals surface area contributed by atoms with Gasteiger partial charge in [0.2, 0.25) is 0 Å². The number of para-hydroxylation sites is 1. The third-order valence-corrected chi connectivity index (χ3v) is 6.49. The van der Waals surface area contributed by atoms with Gasteiger partial charge in [-0.05, 0) is 43.5 Å². The molecule has 3 rings (SSSR count). The summed E-state index contributed by atoms with van der Waals surface area (Å²) in [5.74, 6) is -0.124. The maximum absolute atomic E-state index is 12.8. The Morgan fingerprint density at radius 2 is 1.68 bits per heavy atom. The summed E-state index contributed by atoms with van der Waals surface area (Å²) in [5.41, 5.74) is 1.58. The molecule has 0 unspecified atom stereocenters. The lowest BCUT2D eigenvalue weighted by molar-refractivity contribution is -0.123. The molecule has 5 nitrogen and oxygen atoms in total. The second kappa shape index (κ2) is 9.34. The Labute approximate surface area is 167 Å². The van der Waals surface area contributed by atoms with Gasteiger partial charge >= 0.3 is 0 Å². The third kappa shape index (κ3) is 5.66. The average molecular weight is 402 g/mol. The van der Waals surface area contributed by atoms with E-state index in [0.29, 0.717) is 18.0 Å². The second-order valence-electron chi connectivity index (χ2n) is 7.45. The van der Waals surface area contributed by atoms with Crippen molar-refractivity contribution in [1.29, 1.82) is 0 Å². The van der Waals surface area contributed by atoms with Crippen molar-refractivity contribution in [2.75, 3.05) is 5.32 Å². The van der Waals surface area contributed by atoms with Crippen molar-refractivity contribution in [1.82, 2.24) is 0 Å². The van der Waals surface area contributed by atoms with Crippen LogP contribution in [0.25, 0.3) is 0 Å². The van der Waals surface area contributed by atoms with Gasteiger partial charge in [-0.15, -0.1) is 0 Å². The maximum atomic E-state index is 12.8. The molecule has 1 N–H and O–H groups in total. The van der Waals surface area contributed by atoms with E-state index in [9.17, 15) is 13.2 Å². The monoisotopic (exact) mass is 401 g/mol. The SMILES string of the molecule is Cc1ccc(S(=O)(=O)O[C@@H](CC2CCCCC2)C(=O)Nc2ccccc2)cc1. The Kier molecular flexibility index (Phi) is 6.86. The summed E-state index contributed by atoms with van der Waals surface area (Å²) in [6.07, 6.45) is 4.79. The van der Waals surface area contributed by atoms with E-state index in [2.05, 4.69) is 5.32 Å². The topological polar surface area (TPSA) is 72.5 Å². The van der Waals surface area contributed by atoms with Crippen molar-refractivity contribution in [2.45, 2.75) is 56.4 Å². The molecule has 1 amide bonds. The molecule has 0 aromatic heterocycles. The van der Waals surface area contributed by atoms with E-state index in [1.165, 1.54) is 18.6 Å². The highest BCUT2D eigenvalue weighted by atomic mass is 32.2. The number of carbonyl (C=O) groups is 1. The van der Waals surface area contributed by atoms with Gasteiger partial charge in [0.05, 0.1) is 4.90 Å². The third-order valence-electron chi connectivity index (χ3n) is 5.16. The number of hydrogen-bond donors (Lipinski definition) is 1. The lowest BCUT2D eigenvalue weighted by Gasteiger charge is -2.25. The molecule has 28 heavy (non-hydrogen) atoms. The number of amides is 1. The van der Waals surface area contributed by atoms with Crippen molar-refractivity contribution < 1.29 is 17.4 Å². The van der Waals surface area contributed by atoms with E-state index in [1.807, 2.05) is 25.1 Å². The molecule has 1 atom stereocenters. The fraction of sp³-hybridized carbons (Fsp3) is 0.409. The zero-order chi connectivity index (χ0) is 20.0. The van der Waals surface area contributed by atoms with Gasteiger partial charge in [-0.25, -0.2) is 0 Å². The molecule has 1 saturated carbocycles. The standard InChI is InChI=1S/C22H27NO4S/c1-17-12-14-20(15-13-17)28(25,26)27-21(16-18-8-4-2-5-9-18)22(24)23-19-10-6-3-7-11-19/h3,6-7,10-15,18,21H,2,4-5,8-9,16H2,1H3,(H,23,24)/t21-/m0/s1. The van der Waals surface area contributed by atoms with Gasteiger partial charge in [0.1, 0.15) is 0 Å². The van der Waals surface area contributed by atoms with Gasteiger partial charge in [-0.2, -0.15) is 8.42 Å². The summed E-state index contributed by atoms with van der Waals surface area (Å²) in [7, 11) is -4.03. The molecule has 6 heteroatoms. The molecule has 0 saturated heterocycles. The Morgan fingerprint density at radius 1 is 1.04 bits per heavy atom. The van der Waals surface area contributed by atoms with Crippen LogP contribution in [0.1, 0.15) is 44.1 Å². The summed E-state index contributed by atoms with van der Waals surface area (Å²) in [6.45, 7) is 1.89. The highest BCUT2D eigenvalue weighted by Gasteiger charge is 2.30. The average Bonchev–Trinajstić information content (AvgIpc) is 2.69. The second-order valence-corrected chi connectivity index (χ2v) is 9.02. The van der Waals surface area contributed by atoms with E-state index in [1.54, 1.807) is 24.3 Å². The molecule has 2 aromatic rings.